The average Bonchev–Trinajstić information content (AvgIpc) is 3.14. The normalized spacial score (nSPS) is 15.9. The number of benzene rings is 1. The molecule has 0 radical (unpaired) electrons. The standard InChI is InChI=1S/C17H23FN2O3.C2HF3O2/c1-23-16-4-2-13(10-14(16)18)15(21)3-5-17(22)20-9-7-12(11-20)6-8-19;3-2(4,5)1(6)7/h2,4,10,12H,3,5-9,11,19H2,1H3;(H,6,7). The van der Waals surface area contributed by atoms with Gasteiger partial charge in [0.15, 0.2) is 17.3 Å². The van der Waals surface area contributed by atoms with Crippen molar-refractivity contribution in [2.75, 3.05) is 26.7 Å². The lowest BCUT2D eigenvalue weighted by atomic mass is 10.1. The number of hydrogen-bond donors (Lipinski definition) is 2. The van der Waals surface area contributed by atoms with Crippen LogP contribution in [-0.4, -0.2) is 60.6 Å². The Morgan fingerprint density at radius 3 is 2.40 bits per heavy atom. The van der Waals surface area contributed by atoms with Crippen molar-refractivity contribution in [1.29, 1.82) is 0 Å². The molecule has 1 aromatic carbocycles. The molecule has 0 aromatic heterocycles. The van der Waals surface area contributed by atoms with E-state index in [1.165, 1.54) is 19.2 Å². The first kappa shape index (κ1) is 25.3. The Kier molecular flexibility index (Phi) is 9.70. The molecule has 30 heavy (non-hydrogen) atoms. The van der Waals surface area contributed by atoms with Crippen LogP contribution in [-0.2, 0) is 9.59 Å². The van der Waals surface area contributed by atoms with Crippen LogP contribution < -0.4 is 10.5 Å². The summed E-state index contributed by atoms with van der Waals surface area (Å²) in [6.45, 7) is 2.09. The molecule has 2 rings (SSSR count). The van der Waals surface area contributed by atoms with Gasteiger partial charge < -0.3 is 20.5 Å². The van der Waals surface area contributed by atoms with Crippen LogP contribution >= 0.6 is 0 Å². The van der Waals surface area contributed by atoms with Crippen LogP contribution in [0.3, 0.4) is 0 Å². The van der Waals surface area contributed by atoms with Crippen LogP contribution in [0.5, 0.6) is 5.75 Å². The maximum absolute atomic E-state index is 13.6. The number of ketones is 1. The molecular weight excluding hydrogens is 412 g/mol. The second-order valence-electron chi connectivity index (χ2n) is 6.65. The number of rotatable bonds is 7. The van der Waals surface area contributed by atoms with Gasteiger partial charge in [-0.05, 0) is 43.5 Å². The summed E-state index contributed by atoms with van der Waals surface area (Å²) in [5.74, 6) is -3.03. The third-order valence-electron chi connectivity index (χ3n) is 4.50. The third-order valence-corrected chi connectivity index (χ3v) is 4.50. The number of carbonyl (C=O) groups excluding carboxylic acids is 2. The minimum Gasteiger partial charge on any atom is -0.494 e. The number of ether oxygens (including phenoxy) is 1. The highest BCUT2D eigenvalue weighted by Crippen LogP contribution is 2.21. The van der Waals surface area contributed by atoms with Gasteiger partial charge in [0, 0.05) is 31.5 Å². The number of carbonyl (C=O) groups is 3. The van der Waals surface area contributed by atoms with Gasteiger partial charge in [-0.1, -0.05) is 0 Å². The highest BCUT2D eigenvalue weighted by molar-refractivity contribution is 5.98. The number of halogens is 4. The molecule has 1 unspecified atom stereocenters. The summed E-state index contributed by atoms with van der Waals surface area (Å²) >= 11 is 0. The highest BCUT2D eigenvalue weighted by Gasteiger charge is 2.38. The lowest BCUT2D eigenvalue weighted by molar-refractivity contribution is -0.192. The number of Topliss-reactive ketones (excluding diaryl/α,β-unsaturated/α-hetero) is 1. The van der Waals surface area contributed by atoms with E-state index in [2.05, 4.69) is 0 Å². The Bertz CT molecular complexity index is 755. The van der Waals surface area contributed by atoms with Crippen molar-refractivity contribution in [3.05, 3.63) is 29.6 Å². The molecule has 0 spiro atoms. The zero-order valence-corrected chi connectivity index (χ0v) is 16.4. The predicted octanol–water partition coefficient (Wildman–Crippen LogP) is 2.63. The average molecular weight is 436 g/mol. The number of nitrogens with two attached hydrogens (primary N) is 1. The Morgan fingerprint density at radius 2 is 1.90 bits per heavy atom. The second-order valence-corrected chi connectivity index (χ2v) is 6.65. The molecule has 0 bridgehead atoms. The van der Waals surface area contributed by atoms with E-state index in [9.17, 15) is 27.2 Å². The molecule has 1 fully saturated rings. The molecule has 1 saturated heterocycles. The topological polar surface area (TPSA) is 110 Å². The van der Waals surface area contributed by atoms with E-state index in [1.807, 2.05) is 0 Å². The van der Waals surface area contributed by atoms with E-state index in [1.54, 1.807) is 4.90 Å². The third kappa shape index (κ3) is 7.97. The molecule has 0 aliphatic carbocycles. The van der Waals surface area contributed by atoms with Crippen molar-refractivity contribution >= 4 is 17.7 Å². The number of nitrogens with zero attached hydrogens (tertiary/aromatic N) is 1. The SMILES string of the molecule is COc1ccc(C(=O)CCC(=O)N2CCC(CCN)C2)cc1F.O=C(O)C(F)(F)F. The van der Waals surface area contributed by atoms with E-state index in [0.717, 1.165) is 32.0 Å². The van der Waals surface area contributed by atoms with Gasteiger partial charge in [0.25, 0.3) is 0 Å². The number of likely N-dealkylation sites (tertiary alicyclic amines) is 1. The molecule has 1 heterocycles. The van der Waals surface area contributed by atoms with Gasteiger partial charge >= 0.3 is 12.1 Å². The largest absolute Gasteiger partial charge is 0.494 e. The monoisotopic (exact) mass is 436 g/mol. The molecule has 168 valence electrons. The van der Waals surface area contributed by atoms with Crippen molar-refractivity contribution in [3.8, 4) is 5.75 Å². The zero-order valence-electron chi connectivity index (χ0n) is 16.4. The van der Waals surface area contributed by atoms with E-state index in [-0.39, 0.29) is 35.8 Å². The summed E-state index contributed by atoms with van der Waals surface area (Å²) in [4.78, 5) is 34.9. The maximum atomic E-state index is 13.6. The number of carboxylic acid groups (broad SMARTS) is 1. The Balaban J connectivity index is 0.000000553. The molecule has 0 saturated carbocycles. The number of amides is 1. The smallest absolute Gasteiger partial charge is 0.490 e. The Labute approximate surface area is 170 Å². The van der Waals surface area contributed by atoms with E-state index in [0.29, 0.717) is 12.5 Å². The summed E-state index contributed by atoms with van der Waals surface area (Å²) in [6, 6.07) is 4.09. The van der Waals surface area contributed by atoms with Gasteiger partial charge in [0.1, 0.15) is 0 Å². The van der Waals surface area contributed by atoms with Gasteiger partial charge in [-0.2, -0.15) is 13.2 Å². The van der Waals surface area contributed by atoms with Crippen LogP contribution in [0, 0.1) is 11.7 Å². The van der Waals surface area contributed by atoms with Gasteiger partial charge in [0.2, 0.25) is 5.91 Å². The van der Waals surface area contributed by atoms with Gasteiger partial charge in [0.05, 0.1) is 7.11 Å². The maximum Gasteiger partial charge on any atom is 0.490 e. The molecule has 1 aliphatic rings. The van der Waals surface area contributed by atoms with Crippen molar-refractivity contribution in [2.24, 2.45) is 11.7 Å². The number of aliphatic carboxylic acids is 1. The number of hydrogen-bond acceptors (Lipinski definition) is 5. The first-order valence-corrected chi connectivity index (χ1v) is 9.14. The van der Waals surface area contributed by atoms with Crippen LogP contribution in [0.15, 0.2) is 18.2 Å². The summed E-state index contributed by atoms with van der Waals surface area (Å²) in [5, 5.41) is 7.12. The second kappa shape index (κ2) is 11.5. The number of methoxy groups -OCH3 is 1. The van der Waals surface area contributed by atoms with Crippen LogP contribution in [0.4, 0.5) is 17.6 Å². The zero-order chi connectivity index (χ0) is 22.9. The number of alkyl halides is 3. The summed E-state index contributed by atoms with van der Waals surface area (Å²) in [7, 11) is 1.37. The summed E-state index contributed by atoms with van der Waals surface area (Å²) < 4.78 is 50.2. The van der Waals surface area contributed by atoms with E-state index < -0.39 is 18.0 Å². The van der Waals surface area contributed by atoms with Crippen molar-refractivity contribution in [3.63, 3.8) is 0 Å². The first-order valence-electron chi connectivity index (χ1n) is 9.14. The number of carboxylic acids is 1. The fraction of sp³-hybridized carbons (Fsp3) is 0.526. The molecule has 11 heteroatoms. The van der Waals surface area contributed by atoms with E-state index in [4.69, 9.17) is 20.4 Å². The predicted molar refractivity (Wildman–Crippen MR) is 98.6 cm³/mol. The molecule has 1 aromatic rings. The lowest BCUT2D eigenvalue weighted by Gasteiger charge is -2.16. The molecule has 3 N–H and O–H groups in total. The molecule has 7 nitrogen and oxygen atoms in total. The molecular formula is C19H24F4N2O5. The minimum absolute atomic E-state index is 0.0214. The van der Waals surface area contributed by atoms with E-state index >= 15 is 0 Å². The minimum atomic E-state index is -5.08. The first-order chi connectivity index (χ1) is 14.0. The molecule has 1 atom stereocenters. The summed E-state index contributed by atoms with van der Waals surface area (Å²) in [6.07, 6.45) is -2.95. The lowest BCUT2D eigenvalue weighted by Crippen LogP contribution is -2.29. The van der Waals surface area contributed by atoms with Gasteiger partial charge in [-0.25, -0.2) is 9.18 Å². The summed E-state index contributed by atoms with van der Waals surface area (Å²) in [5.41, 5.74) is 5.80. The fourth-order valence-corrected chi connectivity index (χ4v) is 2.89. The molecule has 1 amide bonds. The van der Waals surface area contributed by atoms with Crippen molar-refractivity contribution < 1.29 is 41.8 Å². The van der Waals surface area contributed by atoms with Crippen molar-refractivity contribution in [1.82, 2.24) is 4.90 Å². The van der Waals surface area contributed by atoms with Gasteiger partial charge in [-0.3, -0.25) is 9.59 Å². The van der Waals surface area contributed by atoms with Gasteiger partial charge in [-0.15, -0.1) is 0 Å². The van der Waals surface area contributed by atoms with Crippen LogP contribution in [0.25, 0.3) is 0 Å². The Morgan fingerprint density at radius 1 is 1.27 bits per heavy atom. The Hall–Kier alpha value is -2.69. The molecule has 1 aliphatic heterocycles. The van der Waals surface area contributed by atoms with Crippen molar-refractivity contribution in [2.45, 2.75) is 31.9 Å². The van der Waals surface area contributed by atoms with Crippen LogP contribution in [0.1, 0.15) is 36.0 Å². The highest BCUT2D eigenvalue weighted by atomic mass is 19.4. The fourth-order valence-electron chi connectivity index (χ4n) is 2.89. The quantitative estimate of drug-likeness (QED) is 0.502. The van der Waals surface area contributed by atoms with Crippen LogP contribution in [0.2, 0.25) is 0 Å².